The quantitative estimate of drug-likeness (QED) is 0.557. The van der Waals surface area contributed by atoms with Crippen LogP contribution in [-0.2, 0) is 32.7 Å². The van der Waals surface area contributed by atoms with Gasteiger partial charge in [-0.25, -0.2) is 0 Å². The minimum Gasteiger partial charge on any atom is -0.660 e. The molecular weight excluding hydrogens is 167 g/mol. The molecule has 0 amide bonds. The molecule has 39 valence electrons. The third kappa shape index (κ3) is 2.75. The molecule has 7 heavy (non-hydrogen) atoms. The zero-order valence-electron chi connectivity index (χ0n) is 4.17. The van der Waals surface area contributed by atoms with Crippen LogP contribution in [0.5, 0.6) is 0 Å². The van der Waals surface area contributed by atoms with Gasteiger partial charge in [0.2, 0.25) is 0 Å². The summed E-state index contributed by atoms with van der Waals surface area (Å²) in [5.41, 5.74) is 0. The molecule has 0 saturated carbocycles. The summed E-state index contributed by atoms with van der Waals surface area (Å²) in [6, 6.07) is 0. The molecule has 0 aliphatic carbocycles. The van der Waals surface area contributed by atoms with Crippen LogP contribution in [0.25, 0.3) is 5.32 Å². The largest absolute Gasteiger partial charge is 0.660 e. The molecule has 1 heterocycles. The summed E-state index contributed by atoms with van der Waals surface area (Å²) in [6.45, 7) is 1.53. The monoisotopic (exact) mass is 175 g/mol. The van der Waals surface area contributed by atoms with Crippen molar-refractivity contribution in [3.05, 3.63) is 5.32 Å². The second-order valence-electron chi connectivity index (χ2n) is 1.57. The van der Waals surface area contributed by atoms with Crippen molar-refractivity contribution in [2.45, 2.75) is 12.5 Å². The molecule has 1 N–H and O–H groups in total. The second-order valence-corrected chi connectivity index (χ2v) is 1.57. The maximum absolute atomic E-state index is 8.64. The molecule has 0 unspecified atom stereocenters. The molecule has 1 aliphatic heterocycles. The van der Waals surface area contributed by atoms with Gasteiger partial charge in [-0.05, 0) is 6.42 Å². The summed E-state index contributed by atoms with van der Waals surface area (Å²) in [5, 5.41) is 12.5. The minimum absolute atomic E-state index is 0. The Morgan fingerprint density at radius 2 is 2.29 bits per heavy atom. The third-order valence-electron chi connectivity index (χ3n) is 0.960. The van der Waals surface area contributed by atoms with E-state index in [0.29, 0.717) is 6.54 Å². The molecule has 1 aliphatic rings. The van der Waals surface area contributed by atoms with Gasteiger partial charge >= 0.3 is 0 Å². The van der Waals surface area contributed by atoms with E-state index in [9.17, 15) is 0 Å². The van der Waals surface area contributed by atoms with Gasteiger partial charge in [0.1, 0.15) is 0 Å². The molecule has 1 saturated heterocycles. The van der Waals surface area contributed by atoms with Crippen LogP contribution in [0.1, 0.15) is 6.42 Å². The van der Waals surface area contributed by atoms with Crippen molar-refractivity contribution in [3.63, 3.8) is 0 Å². The maximum Gasteiger partial charge on any atom is 0.0336 e. The number of aliphatic hydroxyl groups excluding tert-OH is 1. The maximum atomic E-state index is 8.64. The van der Waals surface area contributed by atoms with Crippen molar-refractivity contribution >= 4 is 0 Å². The van der Waals surface area contributed by atoms with Crippen molar-refractivity contribution in [1.82, 2.24) is 0 Å². The molecule has 1 fully saturated rings. The zero-order valence-corrected chi connectivity index (χ0v) is 7.01. The fourth-order valence-corrected chi connectivity index (χ4v) is 0.572. The van der Waals surface area contributed by atoms with E-state index in [1.54, 1.807) is 0 Å². The first-order valence-corrected chi connectivity index (χ1v) is 2.21. The second kappa shape index (κ2) is 3.96. The summed E-state index contributed by atoms with van der Waals surface area (Å²) in [7, 11) is 0. The molecule has 2 nitrogen and oxygen atoms in total. The van der Waals surface area contributed by atoms with Gasteiger partial charge in [0, 0.05) is 38.8 Å². The molecule has 0 spiro atoms. The summed E-state index contributed by atoms with van der Waals surface area (Å²) >= 11 is 0. The number of hydrogen-bond acceptors (Lipinski definition) is 1. The Kier molecular flexibility index (Phi) is 4.54. The Morgan fingerprint density at radius 1 is 1.57 bits per heavy atom. The molecule has 3 heteroatoms. The molecule has 0 aromatic carbocycles. The van der Waals surface area contributed by atoms with E-state index < -0.39 is 0 Å². The molecular formula is C4H8NOY-. The molecule has 0 aromatic rings. The van der Waals surface area contributed by atoms with Crippen LogP contribution in [0.3, 0.4) is 0 Å². The first-order valence-electron chi connectivity index (χ1n) is 2.21. The minimum atomic E-state index is -0.120. The standard InChI is InChI=1S/C4H8NO.Y/c6-4-1-2-5-3-4;/h4,6H,1-3H2;/q-1;/t4-;/m1./s1. The van der Waals surface area contributed by atoms with Gasteiger partial charge in [0.25, 0.3) is 0 Å². The molecule has 0 bridgehead atoms. The van der Waals surface area contributed by atoms with E-state index in [0.717, 1.165) is 13.0 Å². The van der Waals surface area contributed by atoms with E-state index in [-0.39, 0.29) is 38.8 Å². The van der Waals surface area contributed by atoms with Crippen molar-refractivity contribution < 1.29 is 37.8 Å². The number of nitrogens with zero attached hydrogens (tertiary/aromatic N) is 1. The van der Waals surface area contributed by atoms with Crippen molar-refractivity contribution in [3.8, 4) is 0 Å². The van der Waals surface area contributed by atoms with Gasteiger partial charge in [-0.2, -0.15) is 0 Å². The summed E-state index contributed by atoms with van der Waals surface area (Å²) in [5.74, 6) is 0. The van der Waals surface area contributed by atoms with Gasteiger partial charge in [-0.1, -0.05) is 0 Å². The van der Waals surface area contributed by atoms with Gasteiger partial charge in [-0.15, -0.1) is 13.1 Å². The molecule has 1 rings (SSSR count). The van der Waals surface area contributed by atoms with Crippen LogP contribution in [0.4, 0.5) is 0 Å². The third-order valence-corrected chi connectivity index (χ3v) is 0.960. The van der Waals surface area contributed by atoms with Gasteiger partial charge in [0.15, 0.2) is 0 Å². The first-order chi connectivity index (χ1) is 2.89. The summed E-state index contributed by atoms with van der Waals surface area (Å²) < 4.78 is 0. The van der Waals surface area contributed by atoms with Crippen LogP contribution in [0.15, 0.2) is 0 Å². The fourth-order valence-electron chi connectivity index (χ4n) is 0.572. The van der Waals surface area contributed by atoms with Crippen LogP contribution in [0.2, 0.25) is 0 Å². The Morgan fingerprint density at radius 3 is 2.43 bits per heavy atom. The van der Waals surface area contributed by atoms with Gasteiger partial charge in [0.05, 0.1) is 0 Å². The van der Waals surface area contributed by atoms with Crippen LogP contribution >= 0.6 is 0 Å². The van der Waals surface area contributed by atoms with E-state index >= 15 is 0 Å². The van der Waals surface area contributed by atoms with Crippen LogP contribution < -0.4 is 0 Å². The van der Waals surface area contributed by atoms with Gasteiger partial charge in [-0.3, -0.25) is 0 Å². The van der Waals surface area contributed by atoms with E-state index in [1.807, 2.05) is 0 Å². The summed E-state index contributed by atoms with van der Waals surface area (Å²) in [6.07, 6.45) is 0.755. The number of hydrogen-bond donors (Lipinski definition) is 1. The Labute approximate surface area is 68.6 Å². The predicted octanol–water partition coefficient (Wildman–Crippen LogP) is 0.122. The Hall–Kier alpha value is 1.02. The molecule has 1 radical (unpaired) electrons. The zero-order chi connectivity index (χ0) is 4.41. The van der Waals surface area contributed by atoms with Gasteiger partial charge < -0.3 is 10.4 Å². The smallest absolute Gasteiger partial charge is 0.0336 e. The Bertz CT molecular complexity index is 45.0. The van der Waals surface area contributed by atoms with E-state index in [4.69, 9.17) is 5.11 Å². The Balaban J connectivity index is 0.000000360. The fraction of sp³-hybridized carbons (Fsp3) is 1.00. The van der Waals surface area contributed by atoms with Crippen molar-refractivity contribution in [2.24, 2.45) is 0 Å². The molecule has 0 aromatic heterocycles. The van der Waals surface area contributed by atoms with E-state index in [1.165, 1.54) is 0 Å². The average molecular weight is 175 g/mol. The first kappa shape index (κ1) is 8.02. The SMILES string of the molecule is O[C@@H]1CC[N-]C1.[Y]. The topological polar surface area (TPSA) is 34.3 Å². The normalized spacial score (nSPS) is 29.6. The van der Waals surface area contributed by atoms with Crippen LogP contribution in [-0.4, -0.2) is 24.3 Å². The van der Waals surface area contributed by atoms with E-state index in [2.05, 4.69) is 5.32 Å². The average Bonchev–Trinajstić information content (AvgIpc) is 1.86. The van der Waals surface area contributed by atoms with Crippen molar-refractivity contribution in [2.75, 3.05) is 13.1 Å². The van der Waals surface area contributed by atoms with Crippen LogP contribution in [0, 0.1) is 0 Å². The molecule has 1 atom stereocenters. The van der Waals surface area contributed by atoms with Crippen molar-refractivity contribution in [1.29, 1.82) is 0 Å². The number of aliphatic hydroxyl groups is 1. The number of rotatable bonds is 0. The predicted molar refractivity (Wildman–Crippen MR) is 23.7 cm³/mol. The summed E-state index contributed by atoms with van der Waals surface area (Å²) in [4.78, 5) is 0.